The molecule has 0 aromatic heterocycles. The average Bonchev–Trinajstić information content (AvgIpc) is 2.16. The molecule has 0 saturated heterocycles. The minimum Gasteiger partial charge on any atom is -0.374 e. The van der Waals surface area contributed by atoms with Crippen LogP contribution in [-0.4, -0.2) is 12.2 Å². The summed E-state index contributed by atoms with van der Waals surface area (Å²) in [5.41, 5.74) is 6.31. The summed E-state index contributed by atoms with van der Waals surface area (Å²) in [6, 6.07) is 6.00. The Kier molecular flexibility index (Phi) is 3.83. The van der Waals surface area contributed by atoms with Gasteiger partial charge >= 0.3 is 0 Å². The van der Waals surface area contributed by atoms with Gasteiger partial charge in [0.25, 0.3) is 0 Å². The minimum atomic E-state index is -0.484. The van der Waals surface area contributed by atoms with Crippen molar-refractivity contribution in [2.45, 2.75) is 32.4 Å². The third kappa shape index (κ3) is 3.01. The lowest BCUT2D eigenvalue weighted by atomic mass is 9.92. The van der Waals surface area contributed by atoms with Gasteiger partial charge in [0.05, 0.1) is 11.6 Å². The first-order valence-corrected chi connectivity index (χ1v) is 5.12. The Bertz CT molecular complexity index is 325. The van der Waals surface area contributed by atoms with Crippen molar-refractivity contribution in [2.24, 2.45) is 5.73 Å². The standard InChI is InChI=1S/C12H18FNO/c1-4-15-12(2,3)11(14)9-6-5-7-10(13)8-9/h5-8,11H,4,14H2,1-3H3. The molecule has 0 radical (unpaired) electrons. The maximum atomic E-state index is 13.0. The molecule has 0 fully saturated rings. The van der Waals surface area contributed by atoms with Crippen molar-refractivity contribution < 1.29 is 9.13 Å². The summed E-state index contributed by atoms with van der Waals surface area (Å²) in [6.45, 7) is 6.33. The molecule has 0 bridgehead atoms. The summed E-state index contributed by atoms with van der Waals surface area (Å²) < 4.78 is 18.5. The molecule has 2 nitrogen and oxygen atoms in total. The number of ether oxygens (including phenoxy) is 1. The van der Waals surface area contributed by atoms with Gasteiger partial charge in [-0.25, -0.2) is 4.39 Å². The van der Waals surface area contributed by atoms with Gasteiger partial charge in [-0.2, -0.15) is 0 Å². The molecule has 1 rings (SSSR count). The Morgan fingerprint density at radius 3 is 2.67 bits per heavy atom. The lowest BCUT2D eigenvalue weighted by Crippen LogP contribution is -2.38. The predicted octanol–water partition coefficient (Wildman–Crippen LogP) is 2.64. The van der Waals surface area contributed by atoms with Crippen molar-refractivity contribution in [1.29, 1.82) is 0 Å². The second kappa shape index (κ2) is 4.73. The fourth-order valence-electron chi connectivity index (χ4n) is 1.56. The van der Waals surface area contributed by atoms with Crippen molar-refractivity contribution in [3.63, 3.8) is 0 Å². The molecular formula is C12H18FNO. The summed E-state index contributed by atoms with van der Waals surface area (Å²) in [6.07, 6.45) is 0. The van der Waals surface area contributed by atoms with Crippen LogP contribution < -0.4 is 5.73 Å². The first kappa shape index (κ1) is 12.1. The van der Waals surface area contributed by atoms with Crippen LogP contribution in [0.25, 0.3) is 0 Å². The van der Waals surface area contributed by atoms with Crippen molar-refractivity contribution in [1.82, 2.24) is 0 Å². The zero-order valence-electron chi connectivity index (χ0n) is 9.46. The van der Waals surface area contributed by atoms with Crippen molar-refractivity contribution >= 4 is 0 Å². The Hall–Kier alpha value is -0.930. The van der Waals surface area contributed by atoms with E-state index in [9.17, 15) is 4.39 Å². The van der Waals surface area contributed by atoms with E-state index in [1.807, 2.05) is 26.8 Å². The number of nitrogens with two attached hydrogens (primary N) is 1. The normalized spacial score (nSPS) is 13.9. The van der Waals surface area contributed by atoms with E-state index in [4.69, 9.17) is 10.5 Å². The fourth-order valence-corrected chi connectivity index (χ4v) is 1.56. The van der Waals surface area contributed by atoms with Gasteiger partial charge in [0.1, 0.15) is 5.82 Å². The number of halogens is 1. The van der Waals surface area contributed by atoms with E-state index in [0.29, 0.717) is 6.61 Å². The van der Waals surface area contributed by atoms with E-state index < -0.39 is 5.60 Å². The van der Waals surface area contributed by atoms with Gasteiger partial charge in [0.2, 0.25) is 0 Å². The molecule has 2 N–H and O–H groups in total. The third-order valence-corrected chi connectivity index (χ3v) is 2.47. The molecule has 0 aliphatic rings. The summed E-state index contributed by atoms with van der Waals surface area (Å²) in [7, 11) is 0. The monoisotopic (exact) mass is 211 g/mol. The van der Waals surface area contributed by atoms with Crippen molar-refractivity contribution in [2.75, 3.05) is 6.61 Å². The molecule has 1 atom stereocenters. The second-order valence-corrected chi connectivity index (χ2v) is 4.07. The molecule has 1 aromatic rings. The highest BCUT2D eigenvalue weighted by Crippen LogP contribution is 2.26. The van der Waals surface area contributed by atoms with Crippen LogP contribution in [0.5, 0.6) is 0 Å². The highest BCUT2D eigenvalue weighted by molar-refractivity contribution is 5.22. The molecule has 15 heavy (non-hydrogen) atoms. The van der Waals surface area contributed by atoms with Crippen LogP contribution in [0.3, 0.4) is 0 Å². The quantitative estimate of drug-likeness (QED) is 0.831. The third-order valence-electron chi connectivity index (χ3n) is 2.47. The van der Waals surface area contributed by atoms with Crippen LogP contribution in [0.2, 0.25) is 0 Å². The lowest BCUT2D eigenvalue weighted by Gasteiger charge is -2.31. The van der Waals surface area contributed by atoms with Gasteiger partial charge in [-0.1, -0.05) is 12.1 Å². The van der Waals surface area contributed by atoms with Gasteiger partial charge in [-0.05, 0) is 38.5 Å². The molecule has 0 spiro atoms. The molecule has 1 aromatic carbocycles. The van der Waals surface area contributed by atoms with Crippen LogP contribution in [-0.2, 0) is 4.74 Å². The SMILES string of the molecule is CCOC(C)(C)C(N)c1cccc(F)c1. The molecule has 84 valence electrons. The van der Waals surface area contributed by atoms with Crippen LogP contribution in [0, 0.1) is 5.82 Å². The van der Waals surface area contributed by atoms with Gasteiger partial charge in [0.15, 0.2) is 0 Å². The Labute approximate surface area is 90.2 Å². The molecule has 0 amide bonds. The zero-order chi connectivity index (χ0) is 11.5. The van der Waals surface area contributed by atoms with Gasteiger partial charge < -0.3 is 10.5 Å². The summed E-state index contributed by atoms with van der Waals surface area (Å²) >= 11 is 0. The van der Waals surface area contributed by atoms with Crippen molar-refractivity contribution in [3.8, 4) is 0 Å². The second-order valence-electron chi connectivity index (χ2n) is 4.07. The fraction of sp³-hybridized carbons (Fsp3) is 0.500. The maximum absolute atomic E-state index is 13.0. The van der Waals surface area contributed by atoms with E-state index in [1.54, 1.807) is 6.07 Å². The minimum absolute atomic E-state index is 0.268. The first-order chi connectivity index (χ1) is 6.97. The van der Waals surface area contributed by atoms with Gasteiger partial charge in [0, 0.05) is 6.61 Å². The molecule has 1 unspecified atom stereocenters. The van der Waals surface area contributed by atoms with Crippen molar-refractivity contribution in [3.05, 3.63) is 35.6 Å². The number of rotatable bonds is 4. The largest absolute Gasteiger partial charge is 0.374 e. The number of benzene rings is 1. The highest BCUT2D eigenvalue weighted by atomic mass is 19.1. The average molecular weight is 211 g/mol. The molecule has 0 aliphatic heterocycles. The molecule has 0 heterocycles. The van der Waals surface area contributed by atoms with Crippen LogP contribution in [0.15, 0.2) is 24.3 Å². The number of hydrogen-bond acceptors (Lipinski definition) is 2. The summed E-state index contributed by atoms with van der Waals surface area (Å²) in [5, 5.41) is 0. The van der Waals surface area contributed by atoms with E-state index in [-0.39, 0.29) is 11.9 Å². The Balaban J connectivity index is 2.88. The van der Waals surface area contributed by atoms with E-state index in [2.05, 4.69) is 0 Å². The van der Waals surface area contributed by atoms with E-state index in [1.165, 1.54) is 12.1 Å². The zero-order valence-corrected chi connectivity index (χ0v) is 9.46. The lowest BCUT2D eigenvalue weighted by molar-refractivity contribution is -0.0298. The van der Waals surface area contributed by atoms with Crippen LogP contribution in [0.4, 0.5) is 4.39 Å². The number of hydrogen-bond donors (Lipinski definition) is 1. The smallest absolute Gasteiger partial charge is 0.123 e. The predicted molar refractivity (Wildman–Crippen MR) is 59.0 cm³/mol. The summed E-state index contributed by atoms with van der Waals surface area (Å²) in [4.78, 5) is 0. The topological polar surface area (TPSA) is 35.2 Å². The Morgan fingerprint density at radius 2 is 2.13 bits per heavy atom. The Morgan fingerprint density at radius 1 is 1.47 bits per heavy atom. The first-order valence-electron chi connectivity index (χ1n) is 5.12. The van der Waals surface area contributed by atoms with Crippen LogP contribution in [0.1, 0.15) is 32.4 Å². The maximum Gasteiger partial charge on any atom is 0.123 e. The molecule has 0 saturated carbocycles. The molecule has 3 heteroatoms. The van der Waals surface area contributed by atoms with E-state index >= 15 is 0 Å². The summed E-state index contributed by atoms with van der Waals surface area (Å²) in [5.74, 6) is -0.268. The molecular weight excluding hydrogens is 193 g/mol. The highest BCUT2D eigenvalue weighted by Gasteiger charge is 2.28. The van der Waals surface area contributed by atoms with Crippen LogP contribution >= 0.6 is 0 Å². The molecule has 0 aliphatic carbocycles. The van der Waals surface area contributed by atoms with Gasteiger partial charge in [-0.15, -0.1) is 0 Å². The van der Waals surface area contributed by atoms with E-state index in [0.717, 1.165) is 5.56 Å². The van der Waals surface area contributed by atoms with Gasteiger partial charge in [-0.3, -0.25) is 0 Å².